The van der Waals surface area contributed by atoms with Crippen LogP contribution in [0.2, 0.25) is 0 Å². The Balaban J connectivity index is 1.52. The van der Waals surface area contributed by atoms with Crippen molar-refractivity contribution < 1.29 is 9.21 Å². The van der Waals surface area contributed by atoms with E-state index in [4.69, 9.17) is 4.42 Å². The van der Waals surface area contributed by atoms with Crippen molar-refractivity contribution in [2.24, 2.45) is 0 Å². The SMILES string of the molecule is Cc1ccc(C)c(NC(=O)C(Sc2nnc(-c3ccco3)n2Cc2ccccc2)c2ccccc2)c1. The van der Waals surface area contributed by atoms with Crippen molar-refractivity contribution in [3.63, 3.8) is 0 Å². The first kappa shape index (κ1) is 23.6. The molecule has 1 unspecified atom stereocenters. The number of carbonyl (C=O) groups excluding carboxylic acids is 1. The zero-order valence-electron chi connectivity index (χ0n) is 20.1. The van der Waals surface area contributed by atoms with Crippen LogP contribution in [-0.4, -0.2) is 20.7 Å². The molecule has 0 spiro atoms. The summed E-state index contributed by atoms with van der Waals surface area (Å²) in [7, 11) is 0. The topological polar surface area (TPSA) is 73.0 Å². The third-order valence-electron chi connectivity index (χ3n) is 5.86. The first-order valence-corrected chi connectivity index (χ1v) is 12.6. The van der Waals surface area contributed by atoms with Crippen molar-refractivity contribution in [2.45, 2.75) is 30.8 Å². The Morgan fingerprint density at radius 1 is 0.944 bits per heavy atom. The number of amides is 1. The summed E-state index contributed by atoms with van der Waals surface area (Å²) in [5.74, 6) is 1.13. The van der Waals surface area contributed by atoms with Crippen molar-refractivity contribution >= 4 is 23.4 Å². The van der Waals surface area contributed by atoms with Crippen molar-refractivity contribution in [1.82, 2.24) is 14.8 Å². The van der Waals surface area contributed by atoms with Gasteiger partial charge in [-0.1, -0.05) is 84.6 Å². The van der Waals surface area contributed by atoms with Gasteiger partial charge >= 0.3 is 0 Å². The number of aromatic nitrogens is 3. The highest BCUT2D eigenvalue weighted by atomic mass is 32.2. The molecule has 1 amide bonds. The van der Waals surface area contributed by atoms with Crippen LogP contribution >= 0.6 is 11.8 Å². The Kier molecular flexibility index (Phi) is 7.00. The Bertz CT molecular complexity index is 1450. The lowest BCUT2D eigenvalue weighted by atomic mass is 10.1. The molecule has 180 valence electrons. The molecule has 0 aliphatic heterocycles. The van der Waals surface area contributed by atoms with Gasteiger partial charge in [0, 0.05) is 5.69 Å². The van der Waals surface area contributed by atoms with Gasteiger partial charge in [-0.25, -0.2) is 0 Å². The van der Waals surface area contributed by atoms with E-state index in [-0.39, 0.29) is 5.91 Å². The molecule has 0 saturated carbocycles. The van der Waals surface area contributed by atoms with Crippen molar-refractivity contribution in [3.8, 4) is 11.6 Å². The molecule has 0 bridgehead atoms. The minimum Gasteiger partial charge on any atom is -0.461 e. The first-order valence-electron chi connectivity index (χ1n) is 11.7. The van der Waals surface area contributed by atoms with E-state index < -0.39 is 5.25 Å². The first-order chi connectivity index (χ1) is 17.6. The van der Waals surface area contributed by atoms with Gasteiger partial charge in [0.2, 0.25) is 11.7 Å². The van der Waals surface area contributed by atoms with Crippen LogP contribution in [0.4, 0.5) is 5.69 Å². The number of hydrogen-bond acceptors (Lipinski definition) is 5. The minimum atomic E-state index is -0.533. The van der Waals surface area contributed by atoms with Gasteiger partial charge in [-0.15, -0.1) is 10.2 Å². The fourth-order valence-corrected chi connectivity index (χ4v) is 4.98. The second-order valence-electron chi connectivity index (χ2n) is 8.57. The Hall–Kier alpha value is -4.10. The van der Waals surface area contributed by atoms with Crippen LogP contribution in [0.5, 0.6) is 0 Å². The molecule has 0 radical (unpaired) electrons. The summed E-state index contributed by atoms with van der Waals surface area (Å²) < 4.78 is 7.64. The van der Waals surface area contributed by atoms with Gasteiger partial charge in [0.25, 0.3) is 0 Å². The highest BCUT2D eigenvalue weighted by molar-refractivity contribution is 8.00. The molecule has 0 saturated heterocycles. The molecule has 5 aromatic rings. The number of furan rings is 1. The van der Waals surface area contributed by atoms with E-state index in [2.05, 4.69) is 27.6 Å². The zero-order chi connectivity index (χ0) is 24.9. The lowest BCUT2D eigenvalue weighted by Crippen LogP contribution is -2.20. The highest BCUT2D eigenvalue weighted by Crippen LogP contribution is 2.37. The lowest BCUT2D eigenvalue weighted by Gasteiger charge is -2.18. The fourth-order valence-electron chi connectivity index (χ4n) is 3.95. The Morgan fingerprint density at radius 2 is 1.69 bits per heavy atom. The van der Waals surface area contributed by atoms with Crippen LogP contribution in [-0.2, 0) is 11.3 Å². The van der Waals surface area contributed by atoms with Gasteiger partial charge in [-0.05, 0) is 54.3 Å². The quantitative estimate of drug-likeness (QED) is 0.244. The number of aryl methyl sites for hydroxylation is 2. The van der Waals surface area contributed by atoms with Crippen molar-refractivity contribution in [1.29, 1.82) is 0 Å². The van der Waals surface area contributed by atoms with E-state index in [1.165, 1.54) is 11.8 Å². The smallest absolute Gasteiger partial charge is 0.242 e. The third-order valence-corrected chi connectivity index (χ3v) is 7.09. The predicted molar refractivity (Wildman–Crippen MR) is 143 cm³/mol. The van der Waals surface area contributed by atoms with Crippen molar-refractivity contribution in [3.05, 3.63) is 120 Å². The molecule has 0 fully saturated rings. The van der Waals surface area contributed by atoms with Crippen LogP contribution in [0.1, 0.15) is 27.5 Å². The number of anilines is 1. The summed E-state index contributed by atoms with van der Waals surface area (Å²) in [6, 6.07) is 29.6. The van der Waals surface area contributed by atoms with Crippen LogP contribution in [0, 0.1) is 13.8 Å². The molecule has 0 aliphatic carbocycles. The predicted octanol–water partition coefficient (Wildman–Crippen LogP) is 6.68. The molecule has 0 aliphatic rings. The third kappa shape index (κ3) is 5.26. The molecule has 1 N–H and O–H groups in total. The van der Waals surface area contributed by atoms with Crippen LogP contribution in [0.25, 0.3) is 11.6 Å². The second kappa shape index (κ2) is 10.7. The van der Waals surface area contributed by atoms with Crippen LogP contribution in [0.3, 0.4) is 0 Å². The number of nitrogens with one attached hydrogen (secondary N) is 1. The maximum Gasteiger partial charge on any atom is 0.242 e. The van der Waals surface area contributed by atoms with Gasteiger partial charge in [0.05, 0.1) is 12.8 Å². The summed E-state index contributed by atoms with van der Waals surface area (Å²) in [6.07, 6.45) is 1.62. The van der Waals surface area contributed by atoms with Crippen LogP contribution < -0.4 is 5.32 Å². The molecule has 2 aromatic heterocycles. The maximum absolute atomic E-state index is 13.7. The van der Waals surface area contributed by atoms with Crippen molar-refractivity contribution in [2.75, 3.05) is 5.32 Å². The maximum atomic E-state index is 13.7. The van der Waals surface area contributed by atoms with Gasteiger partial charge in [0.1, 0.15) is 5.25 Å². The number of rotatable bonds is 8. The van der Waals surface area contributed by atoms with Gasteiger partial charge in [0.15, 0.2) is 10.9 Å². The summed E-state index contributed by atoms with van der Waals surface area (Å²) in [6.45, 7) is 4.55. The summed E-state index contributed by atoms with van der Waals surface area (Å²) in [5.41, 5.74) is 4.90. The largest absolute Gasteiger partial charge is 0.461 e. The lowest BCUT2D eigenvalue weighted by molar-refractivity contribution is -0.115. The normalized spacial score (nSPS) is 11.8. The molecule has 5 rings (SSSR count). The molecular formula is C29H26N4O2S. The second-order valence-corrected chi connectivity index (χ2v) is 9.64. The number of hydrogen-bond donors (Lipinski definition) is 1. The Morgan fingerprint density at radius 3 is 2.42 bits per heavy atom. The molecule has 36 heavy (non-hydrogen) atoms. The minimum absolute atomic E-state index is 0.117. The van der Waals surface area contributed by atoms with E-state index in [0.29, 0.717) is 23.3 Å². The standard InChI is InChI=1S/C29H26N4O2S/c1-20-15-16-21(2)24(18-20)30-28(34)26(23-12-7-4-8-13-23)36-29-32-31-27(25-14-9-17-35-25)33(29)19-22-10-5-3-6-11-22/h3-18,26H,19H2,1-2H3,(H,30,34). The van der Waals surface area contributed by atoms with Gasteiger partial charge in [-0.2, -0.15) is 0 Å². The summed E-state index contributed by atoms with van der Waals surface area (Å²) in [5, 5.41) is 12.2. The Labute approximate surface area is 214 Å². The van der Waals surface area contributed by atoms with E-state index in [9.17, 15) is 4.79 Å². The van der Waals surface area contributed by atoms with E-state index in [1.807, 2.05) is 97.3 Å². The molecular weight excluding hydrogens is 468 g/mol. The molecule has 1 atom stereocenters. The number of benzene rings is 3. The molecule has 7 heteroatoms. The summed E-state index contributed by atoms with van der Waals surface area (Å²) >= 11 is 1.38. The molecule has 2 heterocycles. The monoisotopic (exact) mass is 494 g/mol. The van der Waals surface area contributed by atoms with Gasteiger partial charge in [-0.3, -0.25) is 9.36 Å². The number of carbonyl (C=O) groups is 1. The average molecular weight is 495 g/mol. The van der Waals surface area contributed by atoms with E-state index >= 15 is 0 Å². The fraction of sp³-hybridized carbons (Fsp3) is 0.138. The summed E-state index contributed by atoms with van der Waals surface area (Å²) in [4.78, 5) is 13.7. The molecule has 6 nitrogen and oxygen atoms in total. The zero-order valence-corrected chi connectivity index (χ0v) is 20.9. The van der Waals surface area contributed by atoms with E-state index in [1.54, 1.807) is 6.26 Å². The van der Waals surface area contributed by atoms with Crippen LogP contribution in [0.15, 0.2) is 107 Å². The number of thioether (sulfide) groups is 1. The van der Waals surface area contributed by atoms with Gasteiger partial charge < -0.3 is 9.73 Å². The number of nitrogens with zero attached hydrogens (tertiary/aromatic N) is 3. The van der Waals surface area contributed by atoms with E-state index in [0.717, 1.165) is 27.9 Å². The highest BCUT2D eigenvalue weighted by Gasteiger charge is 2.27. The average Bonchev–Trinajstić information content (AvgIpc) is 3.56. The molecule has 3 aromatic carbocycles.